The third kappa shape index (κ3) is 1.59. The van der Waals surface area contributed by atoms with Gasteiger partial charge in [0.25, 0.3) is 0 Å². The standard InChI is InChI=1S/C8H14N2/c1-7-5-4-6-8(9-7)10(2)3/h6H,4-5H2,1-3H3. The van der Waals surface area contributed by atoms with Gasteiger partial charge in [0.05, 0.1) is 0 Å². The predicted molar refractivity (Wildman–Crippen MR) is 44.1 cm³/mol. The Bertz CT molecular complexity index is 178. The van der Waals surface area contributed by atoms with Gasteiger partial charge in [0.1, 0.15) is 5.82 Å². The molecule has 0 amide bonds. The summed E-state index contributed by atoms with van der Waals surface area (Å²) in [4.78, 5) is 6.43. The molecule has 1 aliphatic rings. The van der Waals surface area contributed by atoms with Gasteiger partial charge in [-0.05, 0) is 25.8 Å². The first-order valence-corrected chi connectivity index (χ1v) is 3.62. The quantitative estimate of drug-likeness (QED) is 0.538. The van der Waals surface area contributed by atoms with Gasteiger partial charge in [0, 0.05) is 19.8 Å². The second kappa shape index (κ2) is 2.86. The molecule has 0 saturated carbocycles. The van der Waals surface area contributed by atoms with Crippen molar-refractivity contribution in [1.82, 2.24) is 4.90 Å². The zero-order valence-corrected chi connectivity index (χ0v) is 6.89. The van der Waals surface area contributed by atoms with E-state index in [4.69, 9.17) is 0 Å². The lowest BCUT2D eigenvalue weighted by molar-refractivity contribution is 0.500. The first kappa shape index (κ1) is 7.32. The molecule has 0 atom stereocenters. The van der Waals surface area contributed by atoms with Gasteiger partial charge in [0.15, 0.2) is 0 Å². The van der Waals surface area contributed by atoms with E-state index in [1.807, 2.05) is 19.0 Å². The van der Waals surface area contributed by atoms with Gasteiger partial charge < -0.3 is 4.90 Å². The van der Waals surface area contributed by atoms with Gasteiger partial charge in [0.2, 0.25) is 0 Å². The molecular formula is C8H14N2. The number of hydrogen-bond donors (Lipinski definition) is 0. The van der Waals surface area contributed by atoms with Crippen LogP contribution in [0.5, 0.6) is 0 Å². The van der Waals surface area contributed by atoms with Crippen LogP contribution >= 0.6 is 0 Å². The van der Waals surface area contributed by atoms with Crippen molar-refractivity contribution in [3.05, 3.63) is 11.9 Å². The van der Waals surface area contributed by atoms with Crippen molar-refractivity contribution in [2.75, 3.05) is 14.1 Å². The Hall–Kier alpha value is -0.790. The smallest absolute Gasteiger partial charge is 0.123 e. The van der Waals surface area contributed by atoms with Crippen LogP contribution in [-0.2, 0) is 0 Å². The first-order valence-electron chi connectivity index (χ1n) is 3.62. The molecule has 0 unspecified atom stereocenters. The summed E-state index contributed by atoms with van der Waals surface area (Å²) < 4.78 is 0. The average molecular weight is 138 g/mol. The zero-order valence-electron chi connectivity index (χ0n) is 6.89. The second-order valence-corrected chi connectivity index (χ2v) is 2.84. The Morgan fingerprint density at radius 1 is 1.50 bits per heavy atom. The first-order chi connectivity index (χ1) is 4.70. The van der Waals surface area contributed by atoms with E-state index in [1.165, 1.54) is 5.71 Å². The number of hydrogen-bond acceptors (Lipinski definition) is 2. The van der Waals surface area contributed by atoms with Crippen molar-refractivity contribution in [2.45, 2.75) is 19.8 Å². The maximum atomic E-state index is 4.39. The molecule has 0 bridgehead atoms. The molecule has 0 spiro atoms. The highest BCUT2D eigenvalue weighted by Gasteiger charge is 2.03. The third-order valence-corrected chi connectivity index (χ3v) is 1.60. The summed E-state index contributed by atoms with van der Waals surface area (Å²) in [5, 5.41) is 0. The Balaban J connectivity index is 2.69. The molecule has 0 saturated heterocycles. The fraction of sp³-hybridized carbons (Fsp3) is 0.625. The van der Waals surface area contributed by atoms with Gasteiger partial charge in [-0.3, -0.25) is 0 Å². The number of allylic oxidation sites excluding steroid dienone is 1. The van der Waals surface area contributed by atoms with Gasteiger partial charge in [-0.2, -0.15) is 0 Å². The normalized spacial score (nSPS) is 17.9. The largest absolute Gasteiger partial charge is 0.363 e. The van der Waals surface area contributed by atoms with Crippen LogP contribution in [0, 0.1) is 0 Å². The summed E-state index contributed by atoms with van der Waals surface area (Å²) in [5.74, 6) is 1.10. The monoisotopic (exact) mass is 138 g/mol. The van der Waals surface area contributed by atoms with Crippen LogP contribution < -0.4 is 0 Å². The lowest BCUT2D eigenvalue weighted by Gasteiger charge is -2.16. The molecule has 0 fully saturated rings. The van der Waals surface area contributed by atoms with Crippen molar-refractivity contribution < 1.29 is 0 Å². The SMILES string of the molecule is CC1=NC(N(C)C)=CCC1. The minimum atomic E-state index is 1.10. The second-order valence-electron chi connectivity index (χ2n) is 2.84. The molecule has 2 heteroatoms. The molecule has 0 N–H and O–H groups in total. The Kier molecular flexibility index (Phi) is 2.10. The van der Waals surface area contributed by atoms with Crippen molar-refractivity contribution in [3.8, 4) is 0 Å². The van der Waals surface area contributed by atoms with Crippen molar-refractivity contribution in [3.63, 3.8) is 0 Å². The van der Waals surface area contributed by atoms with Gasteiger partial charge in [-0.25, -0.2) is 4.99 Å². The molecular weight excluding hydrogens is 124 g/mol. The highest BCUT2D eigenvalue weighted by atomic mass is 15.2. The van der Waals surface area contributed by atoms with E-state index >= 15 is 0 Å². The van der Waals surface area contributed by atoms with Crippen LogP contribution in [0.3, 0.4) is 0 Å². The summed E-state index contributed by atoms with van der Waals surface area (Å²) in [6.45, 7) is 2.08. The van der Waals surface area contributed by atoms with Crippen LogP contribution in [0.4, 0.5) is 0 Å². The van der Waals surface area contributed by atoms with E-state index in [-0.39, 0.29) is 0 Å². The van der Waals surface area contributed by atoms with Gasteiger partial charge in [-0.1, -0.05) is 0 Å². The highest BCUT2D eigenvalue weighted by molar-refractivity contribution is 5.83. The van der Waals surface area contributed by atoms with Gasteiger partial charge >= 0.3 is 0 Å². The van der Waals surface area contributed by atoms with Crippen molar-refractivity contribution in [1.29, 1.82) is 0 Å². The minimum Gasteiger partial charge on any atom is -0.363 e. The topological polar surface area (TPSA) is 15.6 Å². The lowest BCUT2D eigenvalue weighted by Crippen LogP contribution is -2.13. The summed E-state index contributed by atoms with van der Waals surface area (Å²) in [5.41, 5.74) is 1.24. The molecule has 0 aromatic rings. The fourth-order valence-electron chi connectivity index (χ4n) is 0.990. The van der Waals surface area contributed by atoms with E-state index < -0.39 is 0 Å². The molecule has 1 heterocycles. The van der Waals surface area contributed by atoms with E-state index in [9.17, 15) is 0 Å². The van der Waals surface area contributed by atoms with Crippen molar-refractivity contribution >= 4 is 5.71 Å². The van der Waals surface area contributed by atoms with Crippen LogP contribution in [0.1, 0.15) is 19.8 Å². The molecule has 1 rings (SSSR count). The molecule has 10 heavy (non-hydrogen) atoms. The maximum absolute atomic E-state index is 4.39. The zero-order chi connectivity index (χ0) is 7.56. The maximum Gasteiger partial charge on any atom is 0.123 e. The Morgan fingerprint density at radius 3 is 2.60 bits per heavy atom. The molecule has 0 aromatic carbocycles. The molecule has 2 nitrogen and oxygen atoms in total. The molecule has 0 aliphatic carbocycles. The minimum absolute atomic E-state index is 1.10. The summed E-state index contributed by atoms with van der Waals surface area (Å²) in [6, 6.07) is 0. The number of aliphatic imine (C=N–C) groups is 1. The van der Waals surface area contributed by atoms with E-state index in [0.717, 1.165) is 18.7 Å². The van der Waals surface area contributed by atoms with Crippen molar-refractivity contribution in [2.24, 2.45) is 4.99 Å². The van der Waals surface area contributed by atoms with Crippen LogP contribution in [0.25, 0.3) is 0 Å². The lowest BCUT2D eigenvalue weighted by atomic mass is 10.2. The molecule has 56 valence electrons. The summed E-state index contributed by atoms with van der Waals surface area (Å²) in [7, 11) is 4.04. The summed E-state index contributed by atoms with van der Waals surface area (Å²) in [6.07, 6.45) is 4.44. The fourth-order valence-corrected chi connectivity index (χ4v) is 0.990. The van der Waals surface area contributed by atoms with E-state index in [2.05, 4.69) is 18.0 Å². The molecule has 1 aliphatic heterocycles. The number of rotatable bonds is 1. The number of nitrogens with zero attached hydrogens (tertiary/aromatic N) is 2. The predicted octanol–water partition coefficient (Wildman–Crippen LogP) is 1.64. The highest BCUT2D eigenvalue weighted by Crippen LogP contribution is 2.11. The Labute approximate surface area is 62.3 Å². The molecule has 0 radical (unpaired) electrons. The average Bonchev–Trinajstić information content (AvgIpc) is 1.88. The third-order valence-electron chi connectivity index (χ3n) is 1.60. The Morgan fingerprint density at radius 2 is 2.20 bits per heavy atom. The molecule has 0 aromatic heterocycles. The van der Waals surface area contributed by atoms with E-state index in [1.54, 1.807) is 0 Å². The van der Waals surface area contributed by atoms with Crippen LogP contribution in [0.2, 0.25) is 0 Å². The van der Waals surface area contributed by atoms with E-state index in [0.29, 0.717) is 0 Å². The van der Waals surface area contributed by atoms with Crippen LogP contribution in [-0.4, -0.2) is 24.7 Å². The van der Waals surface area contributed by atoms with Gasteiger partial charge in [-0.15, -0.1) is 0 Å². The summed E-state index contributed by atoms with van der Waals surface area (Å²) >= 11 is 0. The van der Waals surface area contributed by atoms with Crippen LogP contribution in [0.15, 0.2) is 16.9 Å².